The second-order valence-electron chi connectivity index (χ2n) is 3.54. The molecule has 0 bridgehead atoms. The van der Waals surface area contributed by atoms with Crippen LogP contribution in [0.5, 0.6) is 0 Å². The summed E-state index contributed by atoms with van der Waals surface area (Å²) in [6.45, 7) is 3.33. The van der Waals surface area contributed by atoms with E-state index in [0.29, 0.717) is 5.82 Å². The van der Waals surface area contributed by atoms with Crippen LogP contribution in [0.1, 0.15) is 25.5 Å². The average Bonchev–Trinajstić information content (AvgIpc) is 2.42. The molecule has 1 rings (SSSR count). The van der Waals surface area contributed by atoms with Gasteiger partial charge in [0.25, 0.3) is 0 Å². The quantitative estimate of drug-likeness (QED) is 0.805. The van der Waals surface area contributed by atoms with Crippen molar-refractivity contribution in [3.05, 3.63) is 11.8 Å². The molecule has 0 unspecified atom stereocenters. The van der Waals surface area contributed by atoms with Gasteiger partial charge in [-0.25, -0.2) is 0 Å². The van der Waals surface area contributed by atoms with Crippen LogP contribution in [0.2, 0.25) is 0 Å². The van der Waals surface area contributed by atoms with Crippen molar-refractivity contribution >= 4 is 17.5 Å². The monoisotopic (exact) mass is 209 g/mol. The maximum absolute atomic E-state index is 11.4. The fourth-order valence-electron chi connectivity index (χ4n) is 1.22. The lowest BCUT2D eigenvalue weighted by Crippen LogP contribution is -2.14. The molecule has 1 amide bonds. The third kappa shape index (κ3) is 3.53. The molecular weight excluding hydrogens is 194 g/mol. The first-order valence-corrected chi connectivity index (χ1v) is 4.79. The molecule has 1 aromatic heterocycles. The molecule has 0 aromatic carbocycles. The first kappa shape index (κ1) is 11.4. The molecule has 0 aliphatic heterocycles. The number of hydrogen-bond acceptors (Lipinski definition) is 3. The Labute approximate surface area is 88.5 Å². The van der Waals surface area contributed by atoms with Crippen LogP contribution in [0.4, 0.5) is 5.82 Å². The van der Waals surface area contributed by atoms with E-state index in [9.17, 15) is 9.59 Å². The van der Waals surface area contributed by atoms with Gasteiger partial charge in [-0.05, 0) is 13.8 Å². The number of Topliss-reactive ketones (excluding diaryl/α,β-unsaturated/α-hetero) is 1. The summed E-state index contributed by atoms with van der Waals surface area (Å²) in [7, 11) is 1.76. The Morgan fingerprint density at radius 3 is 2.60 bits per heavy atom. The minimum atomic E-state index is -0.159. The number of amides is 1. The molecule has 15 heavy (non-hydrogen) atoms. The second kappa shape index (κ2) is 4.72. The number of anilines is 1. The van der Waals surface area contributed by atoms with Crippen LogP contribution in [0.3, 0.4) is 0 Å². The van der Waals surface area contributed by atoms with Gasteiger partial charge in [0.05, 0.1) is 5.69 Å². The molecule has 82 valence electrons. The third-order valence-corrected chi connectivity index (χ3v) is 1.97. The number of ketones is 1. The minimum absolute atomic E-state index is 0.0198. The lowest BCUT2D eigenvalue weighted by Gasteiger charge is -2.03. The highest BCUT2D eigenvalue weighted by Crippen LogP contribution is 2.08. The van der Waals surface area contributed by atoms with Gasteiger partial charge in [0.1, 0.15) is 11.6 Å². The summed E-state index contributed by atoms with van der Waals surface area (Å²) >= 11 is 0. The number of aromatic nitrogens is 2. The number of rotatable bonds is 4. The Morgan fingerprint density at radius 2 is 2.13 bits per heavy atom. The molecule has 0 saturated heterocycles. The summed E-state index contributed by atoms with van der Waals surface area (Å²) < 4.78 is 1.60. The molecule has 1 heterocycles. The third-order valence-electron chi connectivity index (χ3n) is 1.97. The number of nitrogens with zero attached hydrogens (tertiary/aromatic N) is 2. The van der Waals surface area contributed by atoms with E-state index < -0.39 is 0 Å². The summed E-state index contributed by atoms with van der Waals surface area (Å²) in [6.07, 6.45) is 0.502. The van der Waals surface area contributed by atoms with Gasteiger partial charge in [-0.15, -0.1) is 0 Å². The average molecular weight is 209 g/mol. The van der Waals surface area contributed by atoms with Crippen LogP contribution in [-0.4, -0.2) is 21.5 Å². The molecule has 0 radical (unpaired) electrons. The van der Waals surface area contributed by atoms with Crippen LogP contribution in [0.15, 0.2) is 6.07 Å². The van der Waals surface area contributed by atoms with Gasteiger partial charge in [-0.3, -0.25) is 9.48 Å². The van der Waals surface area contributed by atoms with E-state index >= 15 is 0 Å². The van der Waals surface area contributed by atoms with Gasteiger partial charge in [-0.2, -0.15) is 5.10 Å². The van der Waals surface area contributed by atoms with Gasteiger partial charge in [0.2, 0.25) is 5.91 Å². The van der Waals surface area contributed by atoms with Crippen molar-refractivity contribution in [1.82, 2.24) is 9.78 Å². The van der Waals surface area contributed by atoms with Crippen molar-refractivity contribution in [1.29, 1.82) is 0 Å². The lowest BCUT2D eigenvalue weighted by molar-refractivity contribution is -0.121. The molecule has 0 atom stereocenters. The van der Waals surface area contributed by atoms with E-state index in [-0.39, 0.29) is 24.5 Å². The first-order valence-electron chi connectivity index (χ1n) is 4.79. The summed E-state index contributed by atoms with van der Waals surface area (Å²) in [5.74, 6) is 0.514. The van der Waals surface area contributed by atoms with Crippen LogP contribution in [0.25, 0.3) is 0 Å². The molecule has 5 heteroatoms. The fraction of sp³-hybridized carbons (Fsp3) is 0.500. The van der Waals surface area contributed by atoms with E-state index in [0.717, 1.165) is 5.69 Å². The predicted molar refractivity (Wildman–Crippen MR) is 56.5 cm³/mol. The fourth-order valence-corrected chi connectivity index (χ4v) is 1.22. The maximum Gasteiger partial charge on any atom is 0.225 e. The summed E-state index contributed by atoms with van der Waals surface area (Å²) in [5, 5.41) is 6.79. The normalized spacial score (nSPS) is 10.1. The van der Waals surface area contributed by atoms with Crippen molar-refractivity contribution < 1.29 is 9.59 Å². The van der Waals surface area contributed by atoms with E-state index in [1.165, 1.54) is 6.92 Å². The van der Waals surface area contributed by atoms with E-state index in [1.807, 2.05) is 6.92 Å². The van der Waals surface area contributed by atoms with Crippen LogP contribution >= 0.6 is 0 Å². The molecule has 0 spiro atoms. The van der Waals surface area contributed by atoms with Gasteiger partial charge in [-0.1, -0.05) is 0 Å². The predicted octanol–water partition coefficient (Wildman–Crippen LogP) is 1.04. The van der Waals surface area contributed by atoms with Crippen molar-refractivity contribution in [2.75, 3.05) is 5.32 Å². The topological polar surface area (TPSA) is 64.0 Å². The number of hydrogen-bond donors (Lipinski definition) is 1. The molecule has 1 N–H and O–H groups in total. The van der Waals surface area contributed by atoms with Gasteiger partial charge >= 0.3 is 0 Å². The molecular formula is C10H15N3O2. The van der Waals surface area contributed by atoms with Gasteiger partial charge in [0.15, 0.2) is 0 Å². The number of aryl methyl sites for hydroxylation is 2. The van der Waals surface area contributed by atoms with Crippen LogP contribution < -0.4 is 5.32 Å². The van der Waals surface area contributed by atoms with Gasteiger partial charge < -0.3 is 10.1 Å². The highest BCUT2D eigenvalue weighted by atomic mass is 16.2. The Bertz CT molecular complexity index is 382. The van der Waals surface area contributed by atoms with Crippen molar-refractivity contribution in [2.45, 2.75) is 26.7 Å². The van der Waals surface area contributed by atoms with E-state index in [2.05, 4.69) is 10.4 Å². The Kier molecular flexibility index (Phi) is 3.60. The number of carbonyl (C=O) groups excluding carboxylic acids is 2. The number of carbonyl (C=O) groups is 2. The standard InChI is InChI=1S/C10H15N3O2/c1-7-6-9(13(3)12-7)11-10(15)5-4-8(2)14/h6H,4-5H2,1-3H3,(H,11,15). The largest absolute Gasteiger partial charge is 0.311 e. The van der Waals surface area contributed by atoms with Crippen molar-refractivity contribution in [2.24, 2.45) is 7.05 Å². The molecule has 0 aliphatic carbocycles. The highest BCUT2D eigenvalue weighted by molar-refractivity contribution is 5.92. The first-order chi connectivity index (χ1) is 6.99. The second-order valence-corrected chi connectivity index (χ2v) is 3.54. The zero-order valence-electron chi connectivity index (χ0n) is 9.20. The molecule has 1 aromatic rings. The number of nitrogens with one attached hydrogen (secondary N) is 1. The molecule has 0 saturated carbocycles. The molecule has 0 aliphatic rings. The van der Waals surface area contributed by atoms with E-state index in [4.69, 9.17) is 0 Å². The highest BCUT2D eigenvalue weighted by Gasteiger charge is 2.07. The SMILES string of the molecule is CC(=O)CCC(=O)Nc1cc(C)nn1C. The summed E-state index contributed by atoms with van der Waals surface area (Å²) in [6, 6.07) is 1.78. The van der Waals surface area contributed by atoms with Crippen molar-refractivity contribution in [3.63, 3.8) is 0 Å². The summed E-state index contributed by atoms with van der Waals surface area (Å²) in [5.41, 5.74) is 0.847. The Morgan fingerprint density at radius 1 is 1.47 bits per heavy atom. The molecule has 0 fully saturated rings. The Hall–Kier alpha value is -1.65. The summed E-state index contributed by atoms with van der Waals surface area (Å²) in [4.78, 5) is 22.0. The maximum atomic E-state index is 11.4. The lowest BCUT2D eigenvalue weighted by atomic mass is 10.2. The van der Waals surface area contributed by atoms with Crippen LogP contribution in [-0.2, 0) is 16.6 Å². The Balaban J connectivity index is 2.51. The molecule has 5 nitrogen and oxygen atoms in total. The van der Waals surface area contributed by atoms with Crippen LogP contribution in [0, 0.1) is 6.92 Å². The zero-order valence-corrected chi connectivity index (χ0v) is 9.20. The minimum Gasteiger partial charge on any atom is -0.311 e. The zero-order chi connectivity index (χ0) is 11.4. The smallest absolute Gasteiger partial charge is 0.225 e. The van der Waals surface area contributed by atoms with E-state index in [1.54, 1.807) is 17.8 Å². The van der Waals surface area contributed by atoms with Gasteiger partial charge in [0, 0.05) is 26.0 Å². The van der Waals surface area contributed by atoms with Crippen molar-refractivity contribution in [3.8, 4) is 0 Å².